The van der Waals surface area contributed by atoms with Crippen LogP contribution in [0.2, 0.25) is 0 Å². The number of ether oxygens (including phenoxy) is 2. The summed E-state index contributed by atoms with van der Waals surface area (Å²) in [7, 11) is -6.45. The van der Waals surface area contributed by atoms with Crippen molar-refractivity contribution in [3.63, 3.8) is 0 Å². The van der Waals surface area contributed by atoms with Gasteiger partial charge in [-0.05, 0) is 71.8 Å². The maximum Gasteiger partial charge on any atom is 0.362 e. The Morgan fingerprint density at radius 1 is 0.593 bits per heavy atom. The SMILES string of the molecule is COc1cc(C=CC(=O)CC(=O)C=Cc2ccc(OS(=O)(=O)c3cccc4c3C=CC(=[N+]=[N-])C4=O)c(OC)c2)ccc1OS(=O)(=O)c1cccc2c1C=CC(=[N+]=[N-])C2=O. The third kappa shape index (κ3) is 8.71. The molecule has 0 spiro atoms. The minimum Gasteiger partial charge on any atom is -0.493 e. The second-order valence-corrected chi connectivity index (χ2v) is 15.4. The monoisotopic (exact) mass is 832 g/mol. The van der Waals surface area contributed by atoms with E-state index in [2.05, 4.69) is 9.58 Å². The fourth-order valence-electron chi connectivity index (χ4n) is 5.88. The quantitative estimate of drug-likeness (QED) is 0.0520. The van der Waals surface area contributed by atoms with Crippen LogP contribution in [0.3, 0.4) is 0 Å². The van der Waals surface area contributed by atoms with Crippen LogP contribution in [0.4, 0.5) is 0 Å². The Hall–Kier alpha value is -7.62. The number of hydrogen-bond donors (Lipinski definition) is 0. The summed E-state index contributed by atoms with van der Waals surface area (Å²) < 4.78 is 74.6. The lowest BCUT2D eigenvalue weighted by Gasteiger charge is -2.15. The molecular weight excluding hydrogens is 805 g/mol. The highest BCUT2D eigenvalue weighted by Gasteiger charge is 2.33. The number of hydrogen-bond acceptors (Lipinski definition) is 12. The van der Waals surface area contributed by atoms with Crippen LogP contribution in [-0.2, 0) is 29.8 Å². The molecule has 0 radical (unpaired) electrons. The van der Waals surface area contributed by atoms with Crippen molar-refractivity contribution in [3.8, 4) is 23.0 Å². The predicted octanol–water partition coefficient (Wildman–Crippen LogP) is 5.25. The van der Waals surface area contributed by atoms with Crippen molar-refractivity contribution in [1.82, 2.24) is 0 Å². The molecule has 0 amide bonds. The summed E-state index contributed by atoms with van der Waals surface area (Å²) >= 11 is 0. The first-order valence-corrected chi connectivity index (χ1v) is 19.8. The van der Waals surface area contributed by atoms with Gasteiger partial charge in [-0.1, -0.05) is 48.6 Å². The molecule has 0 fully saturated rings. The molecule has 0 aliphatic heterocycles. The highest BCUT2D eigenvalue weighted by molar-refractivity contribution is 7.87. The van der Waals surface area contributed by atoms with Gasteiger partial charge in [0.15, 0.2) is 34.6 Å². The van der Waals surface area contributed by atoms with E-state index in [0.717, 1.165) is 12.2 Å². The lowest BCUT2D eigenvalue weighted by molar-refractivity contribution is -0.121. The maximum absolute atomic E-state index is 13.3. The lowest BCUT2D eigenvalue weighted by Crippen LogP contribution is -2.20. The van der Waals surface area contributed by atoms with Gasteiger partial charge in [0, 0.05) is 34.4 Å². The summed E-state index contributed by atoms with van der Waals surface area (Å²) in [4.78, 5) is 55.6. The topological polar surface area (TPSA) is 246 Å². The Labute approximate surface area is 336 Å². The third-order valence-electron chi connectivity index (χ3n) is 8.70. The number of ketones is 4. The first-order valence-electron chi connectivity index (χ1n) is 17.0. The fourth-order valence-corrected chi connectivity index (χ4v) is 8.19. The summed E-state index contributed by atoms with van der Waals surface area (Å²) in [6, 6.07) is 16.3. The van der Waals surface area contributed by atoms with E-state index in [-0.39, 0.29) is 66.5 Å². The van der Waals surface area contributed by atoms with Crippen LogP contribution in [0, 0.1) is 0 Å². The molecule has 0 bridgehead atoms. The van der Waals surface area contributed by atoms with Crippen molar-refractivity contribution < 1.29 is 63.4 Å². The van der Waals surface area contributed by atoms with Crippen LogP contribution >= 0.6 is 0 Å². The molecule has 16 nitrogen and oxygen atoms in total. The molecule has 0 atom stereocenters. The van der Waals surface area contributed by atoms with E-state index < -0.39 is 49.8 Å². The van der Waals surface area contributed by atoms with Gasteiger partial charge < -0.3 is 28.9 Å². The Balaban J connectivity index is 1.09. The first-order chi connectivity index (χ1) is 28.2. The minimum absolute atomic E-state index is 0.00172. The molecule has 4 aromatic carbocycles. The van der Waals surface area contributed by atoms with E-state index in [4.69, 9.17) is 28.9 Å². The van der Waals surface area contributed by atoms with Gasteiger partial charge in [-0.25, -0.2) is 0 Å². The van der Waals surface area contributed by atoms with Gasteiger partial charge in [-0.3, -0.25) is 19.2 Å². The minimum atomic E-state index is -4.50. The van der Waals surface area contributed by atoms with Crippen molar-refractivity contribution in [2.45, 2.75) is 16.2 Å². The van der Waals surface area contributed by atoms with Crippen LogP contribution in [0.15, 0.2) is 107 Å². The van der Waals surface area contributed by atoms with Crippen LogP contribution < -0.4 is 17.8 Å². The number of allylic oxidation sites excluding steroid dienone is 4. The molecule has 0 saturated carbocycles. The zero-order valence-corrected chi connectivity index (χ0v) is 32.4. The molecule has 296 valence electrons. The van der Waals surface area contributed by atoms with E-state index in [1.54, 1.807) is 0 Å². The number of carbonyl (C=O) groups excluding carboxylic acids is 4. The van der Waals surface area contributed by atoms with Gasteiger partial charge in [-0.15, -0.1) is 0 Å². The normalized spacial score (nSPS) is 13.5. The molecule has 0 saturated heterocycles. The van der Waals surface area contributed by atoms with Crippen LogP contribution in [0.25, 0.3) is 35.4 Å². The van der Waals surface area contributed by atoms with Crippen molar-refractivity contribution in [1.29, 1.82) is 0 Å². The summed E-state index contributed by atoms with van der Waals surface area (Å²) in [6.07, 6.45) is 9.59. The zero-order valence-electron chi connectivity index (χ0n) is 30.8. The molecular formula is C41H28N4O12S2. The summed E-state index contributed by atoms with van der Waals surface area (Å²) in [5.41, 5.74) is 18.5. The summed E-state index contributed by atoms with van der Waals surface area (Å²) in [5.74, 6) is -2.83. The van der Waals surface area contributed by atoms with Crippen molar-refractivity contribution in [2.24, 2.45) is 0 Å². The van der Waals surface area contributed by atoms with E-state index in [1.165, 1.54) is 123 Å². The van der Waals surface area contributed by atoms with E-state index in [9.17, 15) is 36.0 Å². The number of benzene rings is 4. The number of carbonyl (C=O) groups is 4. The van der Waals surface area contributed by atoms with E-state index >= 15 is 0 Å². The fraction of sp³-hybridized carbons (Fsp3) is 0.0732. The molecule has 2 aliphatic carbocycles. The molecule has 59 heavy (non-hydrogen) atoms. The average Bonchev–Trinajstić information content (AvgIpc) is 3.22. The van der Waals surface area contributed by atoms with Crippen LogP contribution in [0.1, 0.15) is 49.4 Å². The van der Waals surface area contributed by atoms with Crippen molar-refractivity contribution in [3.05, 3.63) is 142 Å². The highest BCUT2D eigenvalue weighted by atomic mass is 32.2. The maximum atomic E-state index is 13.3. The number of methoxy groups -OCH3 is 2. The average molecular weight is 833 g/mol. The number of nitrogens with zero attached hydrogens (tertiary/aromatic N) is 4. The van der Waals surface area contributed by atoms with Gasteiger partial charge >= 0.3 is 31.7 Å². The number of fused-ring (bicyclic) bond motifs is 2. The molecule has 0 heterocycles. The lowest BCUT2D eigenvalue weighted by atomic mass is 9.95. The van der Waals surface area contributed by atoms with Gasteiger partial charge in [0.05, 0.1) is 20.6 Å². The molecule has 2 aliphatic rings. The number of rotatable bonds is 14. The molecule has 0 N–H and O–H groups in total. The van der Waals surface area contributed by atoms with Crippen molar-refractivity contribution >= 4 is 79.1 Å². The molecule has 0 aromatic heterocycles. The Morgan fingerprint density at radius 3 is 1.37 bits per heavy atom. The van der Waals surface area contributed by atoms with Gasteiger partial charge in [0.1, 0.15) is 9.79 Å². The summed E-state index contributed by atoms with van der Waals surface area (Å²) in [6.45, 7) is 0. The second kappa shape index (κ2) is 16.9. The largest absolute Gasteiger partial charge is 0.493 e. The number of Topliss-reactive ketones (excluding diaryl/α,β-unsaturated/α-hetero) is 2. The first kappa shape index (κ1) is 41.0. The highest BCUT2D eigenvalue weighted by Crippen LogP contribution is 2.35. The Kier molecular flexibility index (Phi) is 11.7. The Bertz CT molecular complexity index is 2750. The van der Waals surface area contributed by atoms with E-state index in [1.807, 2.05) is 0 Å². The predicted molar refractivity (Wildman–Crippen MR) is 211 cm³/mol. The Morgan fingerprint density at radius 2 is 1.00 bits per heavy atom. The van der Waals surface area contributed by atoms with Gasteiger partial charge in [0.25, 0.3) is 11.6 Å². The third-order valence-corrected chi connectivity index (χ3v) is 11.3. The zero-order chi connectivity index (χ0) is 42.5. The van der Waals surface area contributed by atoms with Crippen LogP contribution in [-0.4, -0.2) is 75.2 Å². The molecule has 6 rings (SSSR count). The van der Waals surface area contributed by atoms with Gasteiger partial charge in [0.2, 0.25) is 0 Å². The standard InChI is InChI=1S/C41H28N4O12S2/c1-54-36-21-24(11-19-34(36)56-58(50,51)38-7-3-5-30-28(38)15-17-32(44-42)40(30)48)9-13-26(46)23-27(47)14-10-25-12-20-35(37(22-25)55-2)57-59(52,53)39-8-4-6-31-29(39)16-18-33(45-43)41(31)49/h3-22H,23H2,1-2H3. The molecule has 0 unspecified atom stereocenters. The smallest absolute Gasteiger partial charge is 0.362 e. The molecule has 4 aromatic rings. The van der Waals surface area contributed by atoms with E-state index in [0.29, 0.717) is 11.1 Å². The summed E-state index contributed by atoms with van der Waals surface area (Å²) in [5, 5.41) is 0. The van der Waals surface area contributed by atoms with Crippen LogP contribution in [0.5, 0.6) is 23.0 Å². The van der Waals surface area contributed by atoms with Crippen molar-refractivity contribution in [2.75, 3.05) is 14.2 Å². The second-order valence-electron chi connectivity index (χ2n) is 12.4. The molecule has 18 heteroatoms. The van der Waals surface area contributed by atoms with Gasteiger partial charge in [-0.2, -0.15) is 26.4 Å².